The van der Waals surface area contributed by atoms with E-state index in [2.05, 4.69) is 10.0 Å². The molecule has 0 radical (unpaired) electrons. The lowest BCUT2D eigenvalue weighted by molar-refractivity contribution is -0.136. The fourth-order valence-electron chi connectivity index (χ4n) is 1.41. The normalized spacial score (nSPS) is 12.7. The Kier molecular flexibility index (Phi) is 6.13. The van der Waals surface area contributed by atoms with Crippen LogP contribution < -0.4 is 10.0 Å². The van der Waals surface area contributed by atoms with Crippen LogP contribution in [0, 0.1) is 0 Å². The van der Waals surface area contributed by atoms with E-state index in [4.69, 9.17) is 16.7 Å². The molecule has 0 aliphatic carbocycles. The standard InChI is InChI=1S/C12H15ClN2O5S/c1-8(12(18)14-7-6-11(16)17)15-21(19,20)10-4-2-9(13)3-5-10/h2-5,8,15H,6-7H2,1H3,(H,14,18)(H,16,17). The van der Waals surface area contributed by atoms with Crippen LogP contribution in [-0.4, -0.2) is 38.0 Å². The van der Waals surface area contributed by atoms with E-state index in [9.17, 15) is 18.0 Å². The number of amides is 1. The third-order valence-electron chi connectivity index (χ3n) is 2.49. The van der Waals surface area contributed by atoms with Crippen molar-refractivity contribution in [2.24, 2.45) is 0 Å². The van der Waals surface area contributed by atoms with Crippen LogP contribution in [-0.2, 0) is 19.6 Å². The number of carbonyl (C=O) groups is 2. The summed E-state index contributed by atoms with van der Waals surface area (Å²) >= 11 is 5.67. The summed E-state index contributed by atoms with van der Waals surface area (Å²) in [6, 6.07) is 4.46. The first-order valence-electron chi connectivity index (χ1n) is 6.00. The van der Waals surface area contributed by atoms with Crippen LogP contribution in [0.4, 0.5) is 0 Å². The molecular formula is C12H15ClN2O5S. The molecule has 3 N–H and O–H groups in total. The number of aliphatic carboxylic acids is 1. The molecule has 116 valence electrons. The summed E-state index contributed by atoms with van der Waals surface area (Å²) in [6.07, 6.45) is -0.234. The SMILES string of the molecule is CC(NS(=O)(=O)c1ccc(Cl)cc1)C(=O)NCCC(=O)O. The number of benzene rings is 1. The van der Waals surface area contributed by atoms with Crippen molar-refractivity contribution in [3.63, 3.8) is 0 Å². The number of sulfonamides is 1. The first-order valence-corrected chi connectivity index (χ1v) is 7.86. The van der Waals surface area contributed by atoms with Crippen LogP contribution in [0.1, 0.15) is 13.3 Å². The van der Waals surface area contributed by atoms with E-state index >= 15 is 0 Å². The van der Waals surface area contributed by atoms with E-state index in [0.29, 0.717) is 5.02 Å². The second kappa shape index (κ2) is 7.39. The lowest BCUT2D eigenvalue weighted by atomic mass is 10.3. The molecule has 1 aromatic rings. The van der Waals surface area contributed by atoms with Crippen LogP contribution in [0.25, 0.3) is 0 Å². The molecule has 1 atom stereocenters. The highest BCUT2D eigenvalue weighted by molar-refractivity contribution is 7.89. The number of nitrogens with one attached hydrogen (secondary N) is 2. The molecule has 9 heteroatoms. The number of hydrogen-bond acceptors (Lipinski definition) is 4. The van der Waals surface area contributed by atoms with Gasteiger partial charge < -0.3 is 10.4 Å². The van der Waals surface area contributed by atoms with E-state index in [0.717, 1.165) is 0 Å². The van der Waals surface area contributed by atoms with Crippen LogP contribution in [0.15, 0.2) is 29.2 Å². The van der Waals surface area contributed by atoms with Crippen molar-refractivity contribution in [2.45, 2.75) is 24.3 Å². The Labute approximate surface area is 127 Å². The van der Waals surface area contributed by atoms with Gasteiger partial charge in [0.2, 0.25) is 15.9 Å². The third kappa shape index (κ3) is 5.70. The second-order valence-electron chi connectivity index (χ2n) is 4.23. The van der Waals surface area contributed by atoms with Crippen molar-refractivity contribution >= 4 is 33.5 Å². The molecular weight excluding hydrogens is 320 g/mol. The molecule has 1 amide bonds. The maximum Gasteiger partial charge on any atom is 0.305 e. The predicted octanol–water partition coefficient (Wildman–Crippen LogP) is 0.598. The molecule has 0 spiro atoms. The van der Waals surface area contributed by atoms with Crippen molar-refractivity contribution in [2.75, 3.05) is 6.54 Å². The molecule has 0 saturated heterocycles. The Hall–Kier alpha value is -1.64. The molecule has 0 saturated carbocycles. The predicted molar refractivity (Wildman–Crippen MR) is 76.5 cm³/mol. The quantitative estimate of drug-likeness (QED) is 0.675. The summed E-state index contributed by atoms with van der Waals surface area (Å²) in [7, 11) is -3.85. The van der Waals surface area contributed by atoms with Gasteiger partial charge in [-0.25, -0.2) is 8.42 Å². The van der Waals surface area contributed by atoms with Gasteiger partial charge in [0, 0.05) is 11.6 Å². The average molecular weight is 335 g/mol. The summed E-state index contributed by atoms with van der Waals surface area (Å²) < 4.78 is 26.2. The Bertz CT molecular complexity index is 615. The first-order chi connectivity index (χ1) is 9.72. The van der Waals surface area contributed by atoms with Gasteiger partial charge in [0.15, 0.2) is 0 Å². The zero-order valence-electron chi connectivity index (χ0n) is 11.2. The largest absolute Gasteiger partial charge is 0.481 e. The molecule has 7 nitrogen and oxygen atoms in total. The zero-order valence-corrected chi connectivity index (χ0v) is 12.7. The van der Waals surface area contributed by atoms with E-state index in [-0.39, 0.29) is 17.9 Å². The third-order valence-corrected chi connectivity index (χ3v) is 4.30. The van der Waals surface area contributed by atoms with Crippen molar-refractivity contribution < 1.29 is 23.1 Å². The Morgan fingerprint density at radius 1 is 1.29 bits per heavy atom. The highest BCUT2D eigenvalue weighted by atomic mass is 35.5. The maximum atomic E-state index is 12.0. The fraction of sp³-hybridized carbons (Fsp3) is 0.333. The van der Waals surface area contributed by atoms with Crippen molar-refractivity contribution in [3.05, 3.63) is 29.3 Å². The summed E-state index contributed by atoms with van der Waals surface area (Å²) in [5, 5.41) is 11.2. The summed E-state index contributed by atoms with van der Waals surface area (Å²) in [4.78, 5) is 21.9. The molecule has 0 fully saturated rings. The fourth-order valence-corrected chi connectivity index (χ4v) is 2.74. The van der Waals surface area contributed by atoms with Gasteiger partial charge in [-0.1, -0.05) is 11.6 Å². The lowest BCUT2D eigenvalue weighted by Gasteiger charge is -2.14. The van der Waals surface area contributed by atoms with Gasteiger partial charge in [0.1, 0.15) is 0 Å². The van der Waals surface area contributed by atoms with Crippen LogP contribution >= 0.6 is 11.6 Å². The van der Waals surface area contributed by atoms with Gasteiger partial charge in [-0.05, 0) is 31.2 Å². The number of rotatable bonds is 7. The monoisotopic (exact) mass is 334 g/mol. The summed E-state index contributed by atoms with van der Waals surface area (Å²) in [5.74, 6) is -1.65. The Morgan fingerprint density at radius 2 is 1.86 bits per heavy atom. The smallest absolute Gasteiger partial charge is 0.305 e. The van der Waals surface area contributed by atoms with Gasteiger partial charge in [-0.15, -0.1) is 0 Å². The Morgan fingerprint density at radius 3 is 2.38 bits per heavy atom. The van der Waals surface area contributed by atoms with Gasteiger partial charge in [0.25, 0.3) is 0 Å². The molecule has 1 unspecified atom stereocenters. The topological polar surface area (TPSA) is 113 Å². The molecule has 21 heavy (non-hydrogen) atoms. The molecule has 0 aliphatic heterocycles. The first kappa shape index (κ1) is 17.4. The number of carboxylic acids is 1. The number of halogens is 1. The maximum absolute atomic E-state index is 12.0. The molecule has 0 aromatic heterocycles. The Balaban J connectivity index is 2.64. The molecule has 0 aliphatic rings. The van der Waals surface area contributed by atoms with Gasteiger partial charge in [0.05, 0.1) is 17.4 Å². The highest BCUT2D eigenvalue weighted by Crippen LogP contribution is 2.14. The lowest BCUT2D eigenvalue weighted by Crippen LogP contribution is -2.45. The number of carbonyl (C=O) groups excluding carboxylic acids is 1. The number of hydrogen-bond donors (Lipinski definition) is 3. The van der Waals surface area contributed by atoms with Crippen LogP contribution in [0.2, 0.25) is 5.02 Å². The van der Waals surface area contributed by atoms with E-state index in [1.165, 1.54) is 31.2 Å². The molecule has 0 heterocycles. The van der Waals surface area contributed by atoms with Crippen molar-refractivity contribution in [3.8, 4) is 0 Å². The van der Waals surface area contributed by atoms with Crippen molar-refractivity contribution in [1.82, 2.24) is 10.0 Å². The van der Waals surface area contributed by atoms with Crippen LogP contribution in [0.5, 0.6) is 0 Å². The van der Waals surface area contributed by atoms with Gasteiger partial charge in [-0.3, -0.25) is 9.59 Å². The minimum atomic E-state index is -3.85. The average Bonchev–Trinajstić information content (AvgIpc) is 2.38. The molecule has 1 aromatic carbocycles. The summed E-state index contributed by atoms with van der Waals surface area (Å²) in [6.45, 7) is 1.30. The van der Waals surface area contributed by atoms with E-state index < -0.39 is 27.9 Å². The van der Waals surface area contributed by atoms with Crippen LogP contribution in [0.3, 0.4) is 0 Å². The van der Waals surface area contributed by atoms with Gasteiger partial charge >= 0.3 is 5.97 Å². The summed E-state index contributed by atoms with van der Waals surface area (Å²) in [5.41, 5.74) is 0. The van der Waals surface area contributed by atoms with E-state index in [1.807, 2.05) is 0 Å². The minimum Gasteiger partial charge on any atom is -0.481 e. The second-order valence-corrected chi connectivity index (χ2v) is 6.38. The highest BCUT2D eigenvalue weighted by Gasteiger charge is 2.21. The van der Waals surface area contributed by atoms with Crippen molar-refractivity contribution in [1.29, 1.82) is 0 Å². The molecule has 1 rings (SSSR count). The van der Waals surface area contributed by atoms with E-state index in [1.54, 1.807) is 0 Å². The minimum absolute atomic E-state index is 0.0166. The zero-order chi connectivity index (χ0) is 16.0. The number of carboxylic acid groups (broad SMARTS) is 1. The van der Waals surface area contributed by atoms with Gasteiger partial charge in [-0.2, -0.15) is 4.72 Å². The molecule has 0 bridgehead atoms.